The first-order chi connectivity index (χ1) is 29.8. The Morgan fingerprint density at radius 3 is 1.10 bits per heavy atom. The van der Waals surface area contributed by atoms with Gasteiger partial charge in [0.25, 0.3) is 0 Å². The average Bonchev–Trinajstić information content (AvgIpc) is 3.33. The monoisotopic (exact) mass is 766 g/mol. The Bertz CT molecular complexity index is 2940. The summed E-state index contributed by atoms with van der Waals surface area (Å²) in [6.45, 7) is 0. The van der Waals surface area contributed by atoms with Gasteiger partial charge in [0.1, 0.15) is 0 Å². The van der Waals surface area contributed by atoms with Crippen molar-refractivity contribution in [2.45, 2.75) is 0 Å². The minimum absolute atomic E-state index is 1.10. The van der Waals surface area contributed by atoms with E-state index in [0.717, 1.165) is 34.1 Å². The van der Waals surface area contributed by atoms with Gasteiger partial charge >= 0.3 is 0 Å². The molecule has 10 aromatic rings. The second-order valence-corrected chi connectivity index (χ2v) is 15.0. The van der Waals surface area contributed by atoms with Crippen LogP contribution in [0.2, 0.25) is 0 Å². The summed E-state index contributed by atoms with van der Waals surface area (Å²) in [4.78, 5) is 4.67. The van der Waals surface area contributed by atoms with E-state index in [1.165, 1.54) is 55.3 Å². The first-order valence-electron chi connectivity index (χ1n) is 20.5. The number of rotatable bonds is 10. The molecule has 0 amide bonds. The molecule has 0 aromatic heterocycles. The fourth-order valence-corrected chi connectivity index (χ4v) is 8.30. The van der Waals surface area contributed by atoms with Crippen LogP contribution in [0, 0.1) is 0 Å². The maximum Gasteiger partial charge on any atom is 0.0546 e. The van der Waals surface area contributed by atoms with Gasteiger partial charge in [-0.05, 0) is 123 Å². The van der Waals surface area contributed by atoms with Crippen molar-refractivity contribution >= 4 is 44.9 Å². The van der Waals surface area contributed by atoms with Crippen molar-refractivity contribution in [2.75, 3.05) is 9.80 Å². The Morgan fingerprint density at radius 2 is 0.583 bits per heavy atom. The van der Waals surface area contributed by atoms with Gasteiger partial charge in [-0.2, -0.15) is 0 Å². The van der Waals surface area contributed by atoms with Gasteiger partial charge in [-0.15, -0.1) is 0 Å². The van der Waals surface area contributed by atoms with E-state index in [9.17, 15) is 0 Å². The van der Waals surface area contributed by atoms with Crippen LogP contribution in [0.3, 0.4) is 0 Å². The van der Waals surface area contributed by atoms with Crippen LogP contribution in [0.25, 0.3) is 55.3 Å². The number of nitrogens with zero attached hydrogens (tertiary/aromatic N) is 2. The second-order valence-electron chi connectivity index (χ2n) is 15.0. The van der Waals surface area contributed by atoms with Crippen molar-refractivity contribution in [3.05, 3.63) is 255 Å². The molecule has 10 aromatic carbocycles. The van der Waals surface area contributed by atoms with Crippen molar-refractivity contribution in [3.8, 4) is 44.5 Å². The van der Waals surface area contributed by atoms with Crippen molar-refractivity contribution < 1.29 is 0 Å². The largest absolute Gasteiger partial charge is 0.311 e. The molecule has 0 unspecified atom stereocenters. The Kier molecular flexibility index (Phi) is 10.0. The molecule has 0 fully saturated rings. The Labute approximate surface area is 352 Å². The van der Waals surface area contributed by atoms with Gasteiger partial charge in [0.15, 0.2) is 0 Å². The van der Waals surface area contributed by atoms with E-state index >= 15 is 0 Å². The first-order valence-corrected chi connectivity index (χ1v) is 20.5. The van der Waals surface area contributed by atoms with Crippen LogP contribution in [-0.2, 0) is 0 Å². The van der Waals surface area contributed by atoms with Crippen molar-refractivity contribution in [3.63, 3.8) is 0 Å². The van der Waals surface area contributed by atoms with Crippen LogP contribution in [0.15, 0.2) is 255 Å². The number of anilines is 6. The summed E-state index contributed by atoms with van der Waals surface area (Å²) in [5.74, 6) is 0. The normalized spacial score (nSPS) is 11.0. The molecule has 284 valence electrons. The summed E-state index contributed by atoms with van der Waals surface area (Å²) in [6, 6.07) is 91.3. The van der Waals surface area contributed by atoms with E-state index in [2.05, 4.69) is 265 Å². The quantitative estimate of drug-likeness (QED) is 0.137. The van der Waals surface area contributed by atoms with Crippen LogP contribution in [0.5, 0.6) is 0 Å². The highest BCUT2D eigenvalue weighted by molar-refractivity contribution is 6.05. The molecule has 10 rings (SSSR count). The highest BCUT2D eigenvalue weighted by Crippen LogP contribution is 2.45. The third-order valence-corrected chi connectivity index (χ3v) is 11.3. The van der Waals surface area contributed by atoms with Gasteiger partial charge in [-0.3, -0.25) is 0 Å². The highest BCUT2D eigenvalue weighted by Gasteiger charge is 2.20. The summed E-state index contributed by atoms with van der Waals surface area (Å²) in [5, 5.41) is 2.46. The fraction of sp³-hybridized carbons (Fsp3) is 0. The van der Waals surface area contributed by atoms with E-state index in [1.807, 2.05) is 0 Å². The zero-order chi connectivity index (χ0) is 40.1. The van der Waals surface area contributed by atoms with Gasteiger partial charge in [-0.25, -0.2) is 0 Å². The molecule has 0 saturated carbocycles. The molecule has 0 aliphatic rings. The number of hydrogen-bond donors (Lipinski definition) is 0. The molecule has 0 saturated heterocycles. The Balaban J connectivity index is 0.927. The summed E-state index contributed by atoms with van der Waals surface area (Å²) >= 11 is 0. The maximum atomic E-state index is 2.38. The van der Waals surface area contributed by atoms with Crippen molar-refractivity contribution in [2.24, 2.45) is 0 Å². The van der Waals surface area contributed by atoms with Gasteiger partial charge in [0, 0.05) is 34.0 Å². The summed E-state index contributed by atoms with van der Waals surface area (Å²) < 4.78 is 0. The predicted octanol–water partition coefficient (Wildman–Crippen LogP) is 16.4. The maximum absolute atomic E-state index is 2.38. The minimum Gasteiger partial charge on any atom is -0.311 e. The van der Waals surface area contributed by atoms with E-state index < -0.39 is 0 Å². The van der Waals surface area contributed by atoms with E-state index in [0.29, 0.717) is 0 Å². The molecule has 0 heterocycles. The van der Waals surface area contributed by atoms with E-state index in [-0.39, 0.29) is 0 Å². The van der Waals surface area contributed by atoms with Crippen LogP contribution in [-0.4, -0.2) is 0 Å². The van der Waals surface area contributed by atoms with Crippen LogP contribution in [0.1, 0.15) is 0 Å². The minimum atomic E-state index is 1.10. The standard InChI is InChI=1S/C58H42N2/c1-5-17-48(18-6-1)58-56-27-14-13-16-47(56)36-41-57(58)60(53-25-11-4-12-26-53)55-39-32-44(33-40-55)43-28-30-45(31-29-43)49-19-15-20-50(42-49)46-34-37-54(38-35-46)59(51-21-7-2-8-22-51)52-23-9-3-10-24-52/h1-42H. The van der Waals surface area contributed by atoms with Crippen LogP contribution >= 0.6 is 0 Å². The SMILES string of the molecule is c1ccc(-c2c(N(c3ccccc3)c3ccc(-c4ccc(-c5cccc(-c6ccc(N(c7ccccc7)c7ccccc7)cc6)c5)cc4)cc3)ccc3ccccc23)cc1. The molecule has 2 nitrogen and oxygen atoms in total. The van der Waals surface area contributed by atoms with Gasteiger partial charge in [0.05, 0.1) is 5.69 Å². The fourth-order valence-electron chi connectivity index (χ4n) is 8.30. The van der Waals surface area contributed by atoms with Gasteiger partial charge in [0.2, 0.25) is 0 Å². The lowest BCUT2D eigenvalue weighted by molar-refractivity contribution is 1.28. The average molecular weight is 767 g/mol. The lowest BCUT2D eigenvalue weighted by Gasteiger charge is -2.29. The Morgan fingerprint density at radius 1 is 0.217 bits per heavy atom. The third-order valence-electron chi connectivity index (χ3n) is 11.3. The molecule has 0 bridgehead atoms. The lowest BCUT2D eigenvalue weighted by Crippen LogP contribution is -2.11. The smallest absolute Gasteiger partial charge is 0.0546 e. The molecular weight excluding hydrogens is 725 g/mol. The predicted molar refractivity (Wildman–Crippen MR) is 255 cm³/mol. The zero-order valence-electron chi connectivity index (χ0n) is 33.1. The third kappa shape index (κ3) is 7.35. The summed E-state index contributed by atoms with van der Waals surface area (Å²) in [7, 11) is 0. The molecule has 0 aliphatic carbocycles. The van der Waals surface area contributed by atoms with Crippen LogP contribution in [0.4, 0.5) is 34.1 Å². The van der Waals surface area contributed by atoms with Gasteiger partial charge in [-0.1, -0.05) is 182 Å². The molecular formula is C58H42N2. The first kappa shape index (κ1) is 36.4. The number of benzene rings is 10. The molecule has 0 aliphatic heterocycles. The number of fused-ring (bicyclic) bond motifs is 1. The lowest BCUT2D eigenvalue weighted by atomic mass is 9.95. The van der Waals surface area contributed by atoms with Crippen molar-refractivity contribution in [1.82, 2.24) is 0 Å². The van der Waals surface area contributed by atoms with Gasteiger partial charge < -0.3 is 9.80 Å². The zero-order valence-corrected chi connectivity index (χ0v) is 33.1. The Hall–Kier alpha value is -7.94. The molecule has 0 atom stereocenters. The van der Waals surface area contributed by atoms with Crippen LogP contribution < -0.4 is 9.80 Å². The topological polar surface area (TPSA) is 6.48 Å². The highest BCUT2D eigenvalue weighted by atomic mass is 15.1. The van der Waals surface area contributed by atoms with Crippen molar-refractivity contribution in [1.29, 1.82) is 0 Å². The van der Waals surface area contributed by atoms with E-state index in [4.69, 9.17) is 0 Å². The molecule has 0 spiro atoms. The second kappa shape index (κ2) is 16.5. The summed E-state index contributed by atoms with van der Waals surface area (Å²) in [5.41, 5.74) is 16.3. The van der Waals surface area contributed by atoms with E-state index in [1.54, 1.807) is 0 Å². The number of para-hydroxylation sites is 3. The molecule has 0 radical (unpaired) electrons. The summed E-state index contributed by atoms with van der Waals surface area (Å²) in [6.07, 6.45) is 0. The number of hydrogen-bond acceptors (Lipinski definition) is 2. The molecule has 0 N–H and O–H groups in total. The molecule has 2 heteroatoms. The molecule has 60 heavy (non-hydrogen) atoms.